The van der Waals surface area contributed by atoms with Crippen LogP contribution < -0.4 is 5.32 Å². The molecular weight excluding hydrogens is 272 g/mol. The molecule has 3 rings (SSSR count). The first-order valence-electron chi connectivity index (χ1n) is 6.64. The third kappa shape index (κ3) is 2.67. The van der Waals surface area contributed by atoms with Crippen molar-refractivity contribution in [3.63, 3.8) is 0 Å². The average molecular weight is 285 g/mol. The van der Waals surface area contributed by atoms with Gasteiger partial charge in [0.1, 0.15) is 17.5 Å². The molecule has 0 atom stereocenters. The second kappa shape index (κ2) is 5.44. The van der Waals surface area contributed by atoms with E-state index in [-0.39, 0.29) is 11.6 Å². The normalized spacial score (nSPS) is 10.8. The van der Waals surface area contributed by atoms with Gasteiger partial charge in [0.15, 0.2) is 5.82 Å². The van der Waals surface area contributed by atoms with Crippen LogP contribution in [0.3, 0.4) is 0 Å². The van der Waals surface area contributed by atoms with Crippen molar-refractivity contribution in [2.75, 3.05) is 11.9 Å². The number of fused-ring (bicyclic) bond motifs is 1. The zero-order valence-corrected chi connectivity index (χ0v) is 11.4. The van der Waals surface area contributed by atoms with E-state index in [1.54, 1.807) is 18.2 Å². The van der Waals surface area contributed by atoms with Gasteiger partial charge < -0.3 is 5.32 Å². The van der Waals surface area contributed by atoms with E-state index in [1.165, 1.54) is 24.3 Å². The number of aromatic nitrogens is 2. The maximum Gasteiger partial charge on any atom is 0.162 e. The fourth-order valence-electron chi connectivity index (χ4n) is 2.16. The SMILES string of the molecule is CCNc1nc(-c2cccc(F)c2)nc2ccc(F)cc12. The van der Waals surface area contributed by atoms with Gasteiger partial charge in [-0.3, -0.25) is 0 Å². The maximum atomic E-state index is 13.4. The van der Waals surface area contributed by atoms with Crippen molar-refractivity contribution in [1.29, 1.82) is 0 Å². The minimum Gasteiger partial charge on any atom is -0.370 e. The minimum absolute atomic E-state index is 0.344. The number of halogens is 2. The van der Waals surface area contributed by atoms with Gasteiger partial charge in [-0.25, -0.2) is 18.7 Å². The number of hydrogen-bond acceptors (Lipinski definition) is 3. The lowest BCUT2D eigenvalue weighted by molar-refractivity contribution is 0.628. The summed E-state index contributed by atoms with van der Waals surface area (Å²) in [5.74, 6) is 0.259. The first-order valence-corrected chi connectivity index (χ1v) is 6.64. The number of rotatable bonds is 3. The van der Waals surface area contributed by atoms with Crippen LogP contribution in [0.4, 0.5) is 14.6 Å². The lowest BCUT2D eigenvalue weighted by atomic mass is 10.1. The Morgan fingerprint density at radius 1 is 1.00 bits per heavy atom. The van der Waals surface area contributed by atoms with Crippen LogP contribution >= 0.6 is 0 Å². The molecule has 0 aliphatic heterocycles. The molecule has 0 amide bonds. The Hall–Kier alpha value is -2.56. The lowest BCUT2D eigenvalue weighted by Crippen LogP contribution is -2.03. The van der Waals surface area contributed by atoms with E-state index in [2.05, 4.69) is 15.3 Å². The van der Waals surface area contributed by atoms with Crippen molar-refractivity contribution in [3.8, 4) is 11.4 Å². The van der Waals surface area contributed by atoms with Gasteiger partial charge in [-0.05, 0) is 37.3 Å². The molecule has 0 bridgehead atoms. The summed E-state index contributed by atoms with van der Waals surface area (Å²) in [4.78, 5) is 8.77. The van der Waals surface area contributed by atoms with E-state index in [0.29, 0.717) is 34.7 Å². The summed E-state index contributed by atoms with van der Waals surface area (Å²) in [6.45, 7) is 2.57. The molecule has 1 N–H and O–H groups in total. The molecule has 0 spiro atoms. The van der Waals surface area contributed by atoms with Crippen molar-refractivity contribution in [1.82, 2.24) is 9.97 Å². The summed E-state index contributed by atoms with van der Waals surface area (Å²) in [6, 6.07) is 10.4. The fraction of sp³-hybridized carbons (Fsp3) is 0.125. The van der Waals surface area contributed by atoms with Crippen LogP contribution in [0, 0.1) is 11.6 Å². The molecule has 0 aliphatic rings. The van der Waals surface area contributed by atoms with Gasteiger partial charge >= 0.3 is 0 Å². The molecule has 0 saturated carbocycles. The molecule has 3 nitrogen and oxygen atoms in total. The van der Waals surface area contributed by atoms with Crippen molar-refractivity contribution >= 4 is 16.7 Å². The molecule has 3 aromatic rings. The van der Waals surface area contributed by atoms with Crippen LogP contribution in [-0.4, -0.2) is 16.5 Å². The molecule has 2 aromatic carbocycles. The molecule has 0 aliphatic carbocycles. The summed E-state index contributed by atoms with van der Waals surface area (Å²) >= 11 is 0. The van der Waals surface area contributed by atoms with Crippen LogP contribution in [0.25, 0.3) is 22.3 Å². The van der Waals surface area contributed by atoms with Gasteiger partial charge in [0, 0.05) is 17.5 Å². The number of benzene rings is 2. The first kappa shape index (κ1) is 13.4. The smallest absolute Gasteiger partial charge is 0.162 e. The van der Waals surface area contributed by atoms with Gasteiger partial charge in [-0.15, -0.1) is 0 Å². The fourth-order valence-corrected chi connectivity index (χ4v) is 2.16. The third-order valence-electron chi connectivity index (χ3n) is 3.08. The van der Waals surface area contributed by atoms with E-state index >= 15 is 0 Å². The predicted molar refractivity (Wildman–Crippen MR) is 79.1 cm³/mol. The topological polar surface area (TPSA) is 37.8 Å². The standard InChI is InChI=1S/C16H13F2N3/c1-2-19-16-13-9-12(18)6-7-14(13)20-15(21-16)10-4-3-5-11(17)8-10/h3-9H,2H2,1H3,(H,19,20,21). The third-order valence-corrected chi connectivity index (χ3v) is 3.08. The summed E-state index contributed by atoms with van der Waals surface area (Å²) in [7, 11) is 0. The highest BCUT2D eigenvalue weighted by molar-refractivity contribution is 5.90. The molecule has 0 unspecified atom stereocenters. The summed E-state index contributed by atoms with van der Waals surface area (Å²) in [5, 5.41) is 3.70. The Kier molecular flexibility index (Phi) is 3.48. The Morgan fingerprint density at radius 2 is 1.81 bits per heavy atom. The largest absolute Gasteiger partial charge is 0.370 e. The van der Waals surface area contributed by atoms with Gasteiger partial charge in [-0.1, -0.05) is 12.1 Å². The van der Waals surface area contributed by atoms with E-state index in [0.717, 1.165) is 0 Å². The van der Waals surface area contributed by atoms with Gasteiger partial charge in [0.05, 0.1) is 5.52 Å². The molecule has 1 aromatic heterocycles. The first-order chi connectivity index (χ1) is 10.2. The highest BCUT2D eigenvalue weighted by Gasteiger charge is 2.10. The zero-order valence-electron chi connectivity index (χ0n) is 11.4. The monoisotopic (exact) mass is 285 g/mol. The quantitative estimate of drug-likeness (QED) is 0.790. The van der Waals surface area contributed by atoms with Crippen LogP contribution in [0.1, 0.15) is 6.92 Å². The average Bonchev–Trinajstić information content (AvgIpc) is 2.48. The summed E-state index contributed by atoms with van der Waals surface area (Å²) in [6.07, 6.45) is 0. The Labute approximate surface area is 120 Å². The lowest BCUT2D eigenvalue weighted by Gasteiger charge is -2.09. The van der Waals surface area contributed by atoms with Gasteiger partial charge in [0.2, 0.25) is 0 Å². The Bertz CT molecular complexity index is 803. The van der Waals surface area contributed by atoms with Crippen molar-refractivity contribution in [2.24, 2.45) is 0 Å². The molecule has 1 heterocycles. The van der Waals surface area contributed by atoms with Crippen molar-refractivity contribution < 1.29 is 8.78 Å². The van der Waals surface area contributed by atoms with Crippen LogP contribution in [0.2, 0.25) is 0 Å². The zero-order chi connectivity index (χ0) is 14.8. The summed E-state index contributed by atoms with van der Waals surface area (Å²) < 4.78 is 26.7. The molecule has 0 saturated heterocycles. The van der Waals surface area contributed by atoms with Crippen molar-refractivity contribution in [2.45, 2.75) is 6.92 Å². The van der Waals surface area contributed by atoms with Crippen molar-refractivity contribution in [3.05, 3.63) is 54.1 Å². The number of nitrogens with one attached hydrogen (secondary N) is 1. The minimum atomic E-state index is -0.347. The number of anilines is 1. The molecule has 106 valence electrons. The second-order valence-corrected chi connectivity index (χ2v) is 4.60. The Balaban J connectivity index is 2.23. The van der Waals surface area contributed by atoms with E-state index < -0.39 is 0 Å². The number of hydrogen-bond donors (Lipinski definition) is 1. The molecule has 0 radical (unpaired) electrons. The molecule has 5 heteroatoms. The predicted octanol–water partition coefficient (Wildman–Crippen LogP) is 4.01. The van der Waals surface area contributed by atoms with Crippen LogP contribution in [-0.2, 0) is 0 Å². The Morgan fingerprint density at radius 3 is 2.57 bits per heavy atom. The van der Waals surface area contributed by atoms with E-state index in [9.17, 15) is 8.78 Å². The highest BCUT2D eigenvalue weighted by Crippen LogP contribution is 2.25. The van der Waals surface area contributed by atoms with Crippen LogP contribution in [0.5, 0.6) is 0 Å². The highest BCUT2D eigenvalue weighted by atomic mass is 19.1. The van der Waals surface area contributed by atoms with E-state index in [1.807, 2.05) is 6.92 Å². The van der Waals surface area contributed by atoms with E-state index in [4.69, 9.17) is 0 Å². The molecule has 0 fully saturated rings. The molecular formula is C16H13F2N3. The van der Waals surface area contributed by atoms with Gasteiger partial charge in [0.25, 0.3) is 0 Å². The van der Waals surface area contributed by atoms with Crippen LogP contribution in [0.15, 0.2) is 42.5 Å². The number of nitrogens with zero attached hydrogens (tertiary/aromatic N) is 2. The second-order valence-electron chi connectivity index (χ2n) is 4.60. The summed E-state index contributed by atoms with van der Waals surface area (Å²) in [5.41, 5.74) is 1.20. The molecule has 21 heavy (non-hydrogen) atoms. The maximum absolute atomic E-state index is 13.4. The van der Waals surface area contributed by atoms with Gasteiger partial charge in [-0.2, -0.15) is 0 Å².